The first kappa shape index (κ1) is 23.9. The summed E-state index contributed by atoms with van der Waals surface area (Å²) >= 11 is 1.80. The lowest BCUT2D eigenvalue weighted by atomic mass is 9.96. The molecule has 0 saturated carbocycles. The molecule has 5 rings (SSSR count). The van der Waals surface area contributed by atoms with Crippen molar-refractivity contribution in [3.63, 3.8) is 0 Å². The molecule has 0 N–H and O–H groups in total. The average molecular weight is 486 g/mol. The molecule has 1 fully saturated rings. The number of aryl methyl sites for hydroxylation is 2. The molecule has 2 aliphatic heterocycles. The lowest BCUT2D eigenvalue weighted by molar-refractivity contribution is 0.0746. The highest BCUT2D eigenvalue weighted by Gasteiger charge is 2.25. The van der Waals surface area contributed by atoms with Crippen LogP contribution in [-0.2, 0) is 0 Å². The molecule has 182 valence electrons. The SMILES string of the molecule is CCCCC1=Nc2cc(C(=O)N3CCN(c4ccc(C)cc4C)CC3)ccc2SC2=C1CCC=C2. The zero-order valence-corrected chi connectivity index (χ0v) is 22.0. The summed E-state index contributed by atoms with van der Waals surface area (Å²) in [7, 11) is 0. The molecule has 1 amide bonds. The van der Waals surface area contributed by atoms with Gasteiger partial charge in [-0.25, -0.2) is 0 Å². The number of rotatable bonds is 5. The maximum atomic E-state index is 13.5. The van der Waals surface area contributed by atoms with Crippen LogP contribution in [0.2, 0.25) is 0 Å². The summed E-state index contributed by atoms with van der Waals surface area (Å²) < 4.78 is 0. The van der Waals surface area contributed by atoms with E-state index in [2.05, 4.69) is 62.1 Å². The number of unbranched alkanes of at least 4 members (excludes halogenated alkanes) is 1. The minimum absolute atomic E-state index is 0.116. The fourth-order valence-corrected chi connectivity index (χ4v) is 6.31. The van der Waals surface area contributed by atoms with E-state index in [-0.39, 0.29) is 5.91 Å². The Bertz CT molecular complexity index is 1220. The van der Waals surface area contributed by atoms with Crippen LogP contribution in [0.25, 0.3) is 0 Å². The van der Waals surface area contributed by atoms with Crippen molar-refractivity contribution in [1.82, 2.24) is 4.90 Å². The summed E-state index contributed by atoms with van der Waals surface area (Å²) in [4.78, 5) is 25.5. The van der Waals surface area contributed by atoms with Crippen LogP contribution >= 0.6 is 11.8 Å². The van der Waals surface area contributed by atoms with Gasteiger partial charge >= 0.3 is 0 Å². The van der Waals surface area contributed by atoms with Crippen LogP contribution in [0, 0.1) is 13.8 Å². The van der Waals surface area contributed by atoms with Crippen molar-refractivity contribution in [2.45, 2.75) is 57.8 Å². The number of hydrogen-bond acceptors (Lipinski definition) is 4. The molecule has 1 aliphatic carbocycles. The van der Waals surface area contributed by atoms with Gasteiger partial charge in [0.05, 0.1) is 5.69 Å². The second-order valence-corrected chi connectivity index (χ2v) is 10.9. The number of fused-ring (bicyclic) bond motifs is 1. The highest BCUT2D eigenvalue weighted by atomic mass is 32.2. The molecule has 3 aliphatic rings. The maximum Gasteiger partial charge on any atom is 0.254 e. The first-order chi connectivity index (χ1) is 17.0. The molecule has 0 atom stereocenters. The molecule has 0 spiro atoms. The third kappa shape index (κ3) is 5.11. The van der Waals surface area contributed by atoms with Gasteiger partial charge in [0.1, 0.15) is 0 Å². The van der Waals surface area contributed by atoms with Gasteiger partial charge in [-0.3, -0.25) is 9.79 Å². The van der Waals surface area contributed by atoms with Gasteiger partial charge in [-0.1, -0.05) is 55.0 Å². The maximum absolute atomic E-state index is 13.5. The fourth-order valence-electron chi connectivity index (χ4n) is 5.22. The Kier molecular flexibility index (Phi) is 7.14. The predicted octanol–water partition coefficient (Wildman–Crippen LogP) is 7.24. The Labute approximate surface area is 213 Å². The van der Waals surface area contributed by atoms with Crippen molar-refractivity contribution >= 4 is 34.8 Å². The van der Waals surface area contributed by atoms with Crippen molar-refractivity contribution in [2.24, 2.45) is 4.99 Å². The number of nitrogens with zero attached hydrogens (tertiary/aromatic N) is 3. The Balaban J connectivity index is 1.34. The number of benzene rings is 2. The quantitative estimate of drug-likeness (QED) is 0.448. The monoisotopic (exact) mass is 485 g/mol. The minimum Gasteiger partial charge on any atom is -0.368 e. The van der Waals surface area contributed by atoms with Crippen LogP contribution in [0.5, 0.6) is 0 Å². The van der Waals surface area contributed by atoms with Gasteiger partial charge in [-0.15, -0.1) is 0 Å². The van der Waals surface area contributed by atoms with Gasteiger partial charge in [0, 0.05) is 52.9 Å². The summed E-state index contributed by atoms with van der Waals surface area (Å²) in [6.45, 7) is 9.73. The molecule has 2 heterocycles. The normalized spacial score (nSPS) is 17.6. The number of aliphatic imine (C=N–C) groups is 1. The number of allylic oxidation sites excluding steroid dienone is 3. The van der Waals surface area contributed by atoms with Crippen LogP contribution in [-0.4, -0.2) is 42.7 Å². The van der Waals surface area contributed by atoms with E-state index in [0.717, 1.165) is 74.4 Å². The standard InChI is InChI=1S/C30H35N3OS/c1-4-5-9-25-24-8-6-7-10-28(24)35-29-14-12-23(20-26(29)31-25)30(34)33-17-15-32(16-18-33)27-13-11-21(2)19-22(27)3/h7,10-14,19-20H,4-6,8-9,15-18H2,1-3H3. The highest BCUT2D eigenvalue weighted by molar-refractivity contribution is 8.03. The number of amides is 1. The third-order valence-electron chi connectivity index (χ3n) is 7.18. The molecule has 0 bridgehead atoms. The van der Waals surface area contributed by atoms with E-state index in [1.807, 2.05) is 17.0 Å². The Morgan fingerprint density at radius 3 is 2.66 bits per heavy atom. The van der Waals surface area contributed by atoms with E-state index in [9.17, 15) is 4.79 Å². The Morgan fingerprint density at radius 1 is 1.06 bits per heavy atom. The van der Waals surface area contributed by atoms with E-state index in [1.54, 1.807) is 11.8 Å². The van der Waals surface area contributed by atoms with Gasteiger partial charge in [-0.05, 0) is 74.9 Å². The summed E-state index contributed by atoms with van der Waals surface area (Å²) in [5.41, 5.74) is 8.18. The van der Waals surface area contributed by atoms with E-state index in [4.69, 9.17) is 4.99 Å². The molecule has 0 aromatic heterocycles. The number of carbonyl (C=O) groups excluding carboxylic acids is 1. The molecule has 4 nitrogen and oxygen atoms in total. The van der Waals surface area contributed by atoms with E-state index in [1.165, 1.54) is 33.0 Å². The van der Waals surface area contributed by atoms with Crippen LogP contribution in [0.3, 0.4) is 0 Å². The summed E-state index contributed by atoms with van der Waals surface area (Å²) in [6, 6.07) is 12.7. The van der Waals surface area contributed by atoms with Crippen molar-refractivity contribution < 1.29 is 4.79 Å². The molecule has 2 aromatic rings. The largest absolute Gasteiger partial charge is 0.368 e. The van der Waals surface area contributed by atoms with Crippen molar-refractivity contribution in [1.29, 1.82) is 0 Å². The highest BCUT2D eigenvalue weighted by Crippen LogP contribution is 2.43. The van der Waals surface area contributed by atoms with Crippen molar-refractivity contribution in [3.05, 3.63) is 75.7 Å². The van der Waals surface area contributed by atoms with Crippen LogP contribution in [0.1, 0.15) is 60.5 Å². The summed E-state index contributed by atoms with van der Waals surface area (Å²) in [5.74, 6) is 0.116. The predicted molar refractivity (Wildman–Crippen MR) is 148 cm³/mol. The molecule has 2 aromatic carbocycles. The number of thioether (sulfide) groups is 1. The fraction of sp³-hybridized carbons (Fsp3) is 0.400. The zero-order valence-electron chi connectivity index (χ0n) is 21.1. The first-order valence-electron chi connectivity index (χ1n) is 12.9. The minimum atomic E-state index is 0.116. The van der Waals surface area contributed by atoms with Gasteiger partial charge in [0.15, 0.2) is 0 Å². The molecule has 35 heavy (non-hydrogen) atoms. The summed E-state index contributed by atoms with van der Waals surface area (Å²) in [5, 5.41) is 0. The van der Waals surface area contributed by atoms with Crippen molar-refractivity contribution in [2.75, 3.05) is 31.1 Å². The summed E-state index contributed by atoms with van der Waals surface area (Å²) in [6.07, 6.45) is 9.97. The van der Waals surface area contributed by atoms with Crippen LogP contribution < -0.4 is 4.90 Å². The zero-order chi connectivity index (χ0) is 24.4. The number of carbonyl (C=O) groups is 1. The van der Waals surface area contributed by atoms with Crippen LogP contribution in [0.4, 0.5) is 11.4 Å². The average Bonchev–Trinajstić information content (AvgIpc) is 3.03. The molecule has 5 heteroatoms. The van der Waals surface area contributed by atoms with E-state index < -0.39 is 0 Å². The van der Waals surface area contributed by atoms with E-state index >= 15 is 0 Å². The lowest BCUT2D eigenvalue weighted by Gasteiger charge is -2.37. The number of hydrogen-bond donors (Lipinski definition) is 0. The molecule has 0 unspecified atom stereocenters. The third-order valence-corrected chi connectivity index (χ3v) is 8.35. The number of piperazine rings is 1. The topological polar surface area (TPSA) is 35.9 Å². The van der Waals surface area contributed by atoms with Crippen molar-refractivity contribution in [3.8, 4) is 0 Å². The van der Waals surface area contributed by atoms with Gasteiger partial charge in [-0.2, -0.15) is 0 Å². The Hall–Kier alpha value is -2.79. The van der Waals surface area contributed by atoms with Gasteiger partial charge in [0.25, 0.3) is 5.91 Å². The Morgan fingerprint density at radius 2 is 1.89 bits per heavy atom. The smallest absolute Gasteiger partial charge is 0.254 e. The lowest BCUT2D eigenvalue weighted by Crippen LogP contribution is -2.49. The molecule has 1 saturated heterocycles. The molecular formula is C30H35N3OS. The second-order valence-electron chi connectivity index (χ2n) is 9.80. The number of anilines is 1. The molecular weight excluding hydrogens is 450 g/mol. The van der Waals surface area contributed by atoms with Gasteiger partial charge < -0.3 is 9.80 Å². The second kappa shape index (κ2) is 10.4. The molecule has 0 radical (unpaired) electrons. The van der Waals surface area contributed by atoms with Crippen LogP contribution in [0.15, 0.2) is 68.9 Å². The van der Waals surface area contributed by atoms with Gasteiger partial charge in [0.2, 0.25) is 0 Å². The van der Waals surface area contributed by atoms with E-state index in [0.29, 0.717) is 0 Å². The first-order valence-corrected chi connectivity index (χ1v) is 13.8.